The molecule has 32 heavy (non-hydrogen) atoms. The average molecular weight is 436 g/mol. The summed E-state index contributed by atoms with van der Waals surface area (Å²) in [5.74, 6) is -0.408. The van der Waals surface area contributed by atoms with Crippen LogP contribution in [0.5, 0.6) is 0 Å². The molecule has 6 nitrogen and oxygen atoms in total. The van der Waals surface area contributed by atoms with E-state index < -0.39 is 5.63 Å². The van der Waals surface area contributed by atoms with Gasteiger partial charge < -0.3 is 19.1 Å². The highest BCUT2D eigenvalue weighted by atomic mass is 19.1. The highest BCUT2D eigenvalue weighted by Gasteiger charge is 2.16. The number of aryl methyl sites for hydroxylation is 1. The van der Waals surface area contributed by atoms with Gasteiger partial charge in [0.2, 0.25) is 5.91 Å². The molecule has 0 saturated heterocycles. The first-order chi connectivity index (χ1) is 15.3. The van der Waals surface area contributed by atoms with Crippen molar-refractivity contribution in [3.63, 3.8) is 0 Å². The van der Waals surface area contributed by atoms with Crippen LogP contribution in [0, 0.1) is 12.7 Å². The monoisotopic (exact) mass is 436 g/mol. The van der Waals surface area contributed by atoms with E-state index in [2.05, 4.69) is 5.32 Å². The van der Waals surface area contributed by atoms with Crippen LogP contribution >= 0.6 is 0 Å². The van der Waals surface area contributed by atoms with Gasteiger partial charge in [0, 0.05) is 47.5 Å². The first-order valence-corrected chi connectivity index (χ1v) is 10.5. The van der Waals surface area contributed by atoms with Crippen molar-refractivity contribution in [3.05, 3.63) is 70.0 Å². The fraction of sp³-hybridized carbons (Fsp3) is 0.280. The number of hydrogen-bond donors (Lipinski definition) is 1. The number of fused-ring (bicyclic) bond motifs is 2. The second kappa shape index (κ2) is 8.96. The van der Waals surface area contributed by atoms with E-state index in [1.807, 2.05) is 32.0 Å². The maximum atomic E-state index is 13.3. The summed E-state index contributed by atoms with van der Waals surface area (Å²) < 4.78 is 24.5. The largest absolute Gasteiger partial charge is 0.464 e. The molecule has 0 bridgehead atoms. The maximum Gasteiger partial charge on any atom is 0.339 e. The number of hydrogen-bond acceptors (Lipinski definition) is 5. The smallest absolute Gasteiger partial charge is 0.339 e. The van der Waals surface area contributed by atoms with Crippen LogP contribution in [-0.4, -0.2) is 38.0 Å². The lowest BCUT2D eigenvalue weighted by Crippen LogP contribution is -2.31. The van der Waals surface area contributed by atoms with Gasteiger partial charge in [-0.25, -0.2) is 9.18 Å². The molecule has 1 amide bonds. The normalized spacial score (nSPS) is 11.5. The highest BCUT2D eigenvalue weighted by molar-refractivity contribution is 6.02. The molecule has 2 aromatic heterocycles. The van der Waals surface area contributed by atoms with Gasteiger partial charge in [-0.1, -0.05) is 12.1 Å². The predicted molar refractivity (Wildman–Crippen MR) is 122 cm³/mol. The van der Waals surface area contributed by atoms with E-state index in [0.717, 1.165) is 34.0 Å². The Balaban J connectivity index is 1.66. The number of benzene rings is 2. The molecular formula is C25H25FN2O4. The van der Waals surface area contributed by atoms with Gasteiger partial charge in [-0.05, 0) is 56.8 Å². The van der Waals surface area contributed by atoms with Gasteiger partial charge in [-0.15, -0.1) is 0 Å². The summed E-state index contributed by atoms with van der Waals surface area (Å²) in [6.45, 7) is 3.17. The number of halogens is 1. The minimum Gasteiger partial charge on any atom is -0.464 e. The third-order valence-electron chi connectivity index (χ3n) is 5.62. The number of amides is 1. The summed E-state index contributed by atoms with van der Waals surface area (Å²) in [6.07, 6.45) is 2.12. The molecule has 166 valence electrons. The van der Waals surface area contributed by atoms with Crippen molar-refractivity contribution in [2.75, 3.05) is 27.2 Å². The summed E-state index contributed by atoms with van der Waals surface area (Å²) in [5, 5.41) is 4.48. The quantitative estimate of drug-likeness (QED) is 0.438. The van der Waals surface area contributed by atoms with E-state index in [9.17, 15) is 14.0 Å². The molecule has 0 radical (unpaired) electrons. The second-order valence-corrected chi connectivity index (χ2v) is 8.15. The van der Waals surface area contributed by atoms with E-state index in [1.165, 1.54) is 12.1 Å². The van der Waals surface area contributed by atoms with Crippen molar-refractivity contribution >= 4 is 27.8 Å². The molecule has 0 saturated carbocycles. The zero-order valence-corrected chi connectivity index (χ0v) is 18.3. The summed E-state index contributed by atoms with van der Waals surface area (Å²) >= 11 is 0. The van der Waals surface area contributed by atoms with Gasteiger partial charge in [0.05, 0.1) is 6.26 Å². The molecule has 1 N–H and O–H groups in total. The third-order valence-corrected chi connectivity index (χ3v) is 5.62. The van der Waals surface area contributed by atoms with Crippen LogP contribution < -0.4 is 10.9 Å². The summed E-state index contributed by atoms with van der Waals surface area (Å²) in [7, 11) is 3.88. The Kier molecular flexibility index (Phi) is 6.10. The first-order valence-electron chi connectivity index (χ1n) is 10.5. The zero-order chi connectivity index (χ0) is 22.8. The lowest BCUT2D eigenvalue weighted by Gasteiger charge is -2.11. The number of likely N-dealkylation sites (N-methyl/N-ethyl adjacent to an activating group) is 1. The van der Waals surface area contributed by atoms with E-state index in [0.29, 0.717) is 29.7 Å². The van der Waals surface area contributed by atoms with Gasteiger partial charge in [0.25, 0.3) is 0 Å². The van der Waals surface area contributed by atoms with Crippen molar-refractivity contribution in [2.45, 2.75) is 19.8 Å². The SMILES string of the molecule is Cc1c(CCC(=O)NCCN(C)C)c(=O)oc2cc3occ(-c4ccc(F)cc4)c3cc12. The van der Waals surface area contributed by atoms with Crippen LogP contribution in [0.25, 0.3) is 33.1 Å². The lowest BCUT2D eigenvalue weighted by molar-refractivity contribution is -0.121. The van der Waals surface area contributed by atoms with Crippen LogP contribution in [0.4, 0.5) is 4.39 Å². The van der Waals surface area contributed by atoms with E-state index in [1.54, 1.807) is 24.5 Å². The van der Waals surface area contributed by atoms with Crippen molar-refractivity contribution in [1.29, 1.82) is 0 Å². The minimum atomic E-state index is -0.444. The van der Waals surface area contributed by atoms with Gasteiger partial charge in [0.15, 0.2) is 0 Å². The molecule has 2 aromatic carbocycles. The third kappa shape index (κ3) is 4.43. The fourth-order valence-corrected chi connectivity index (χ4v) is 3.80. The Morgan fingerprint density at radius 3 is 2.56 bits per heavy atom. The summed E-state index contributed by atoms with van der Waals surface area (Å²) in [6, 6.07) is 9.82. The van der Waals surface area contributed by atoms with Crippen LogP contribution in [0.1, 0.15) is 17.5 Å². The van der Waals surface area contributed by atoms with Crippen LogP contribution in [-0.2, 0) is 11.2 Å². The predicted octanol–water partition coefficient (Wildman–Crippen LogP) is 4.26. The second-order valence-electron chi connectivity index (χ2n) is 8.15. The minimum absolute atomic E-state index is 0.102. The van der Waals surface area contributed by atoms with E-state index in [4.69, 9.17) is 8.83 Å². The van der Waals surface area contributed by atoms with E-state index >= 15 is 0 Å². The molecule has 0 fully saturated rings. The van der Waals surface area contributed by atoms with Gasteiger partial charge in [-0.3, -0.25) is 4.79 Å². The Hall–Kier alpha value is -3.45. The first kappa shape index (κ1) is 21.8. The van der Waals surface area contributed by atoms with Crippen LogP contribution in [0.3, 0.4) is 0 Å². The lowest BCUT2D eigenvalue weighted by atomic mass is 9.99. The number of nitrogens with one attached hydrogen (secondary N) is 1. The zero-order valence-electron chi connectivity index (χ0n) is 18.3. The molecule has 0 unspecified atom stereocenters. The summed E-state index contributed by atoms with van der Waals surface area (Å²) in [4.78, 5) is 26.7. The Morgan fingerprint density at radius 2 is 1.84 bits per heavy atom. The Labute approximate surface area is 184 Å². The van der Waals surface area contributed by atoms with Crippen molar-refractivity contribution in [1.82, 2.24) is 10.2 Å². The number of carbonyl (C=O) groups excluding carboxylic acids is 1. The molecule has 4 aromatic rings. The molecule has 0 aliphatic heterocycles. The van der Waals surface area contributed by atoms with Crippen LogP contribution in [0.2, 0.25) is 0 Å². The van der Waals surface area contributed by atoms with Gasteiger partial charge in [0.1, 0.15) is 17.0 Å². The Bertz CT molecular complexity index is 1340. The van der Waals surface area contributed by atoms with Crippen LogP contribution in [0.15, 0.2) is 56.3 Å². The molecule has 2 heterocycles. The van der Waals surface area contributed by atoms with Crippen molar-refractivity contribution in [3.8, 4) is 11.1 Å². The molecule has 0 atom stereocenters. The van der Waals surface area contributed by atoms with Crippen molar-refractivity contribution in [2.24, 2.45) is 0 Å². The molecule has 0 aliphatic rings. The topological polar surface area (TPSA) is 75.7 Å². The Morgan fingerprint density at radius 1 is 1.09 bits per heavy atom. The standard InChI is InChI=1S/C25H25FN2O4/c1-15-18(8-9-24(29)27-10-11-28(2)3)25(30)32-23-13-22-20(12-19(15)23)21(14-31-22)16-4-6-17(26)7-5-16/h4-7,12-14H,8-11H2,1-3H3,(H,27,29). The van der Waals surface area contributed by atoms with Crippen molar-refractivity contribution < 1.29 is 18.0 Å². The number of carbonyl (C=O) groups is 1. The molecule has 0 aliphatic carbocycles. The highest BCUT2D eigenvalue weighted by Crippen LogP contribution is 2.34. The molecule has 0 spiro atoms. The van der Waals surface area contributed by atoms with Gasteiger partial charge >= 0.3 is 5.63 Å². The summed E-state index contributed by atoms with van der Waals surface area (Å²) in [5.41, 5.74) is 3.49. The average Bonchev–Trinajstić information content (AvgIpc) is 3.15. The fourth-order valence-electron chi connectivity index (χ4n) is 3.80. The number of furan rings is 1. The molecular weight excluding hydrogens is 411 g/mol. The van der Waals surface area contributed by atoms with E-state index in [-0.39, 0.29) is 18.1 Å². The number of nitrogens with zero attached hydrogens (tertiary/aromatic N) is 1. The van der Waals surface area contributed by atoms with Gasteiger partial charge in [-0.2, -0.15) is 0 Å². The number of rotatable bonds is 7. The maximum absolute atomic E-state index is 13.3. The molecule has 4 rings (SSSR count). The molecule has 7 heteroatoms.